The smallest absolute Gasteiger partial charge is 0.220 e. The van der Waals surface area contributed by atoms with Crippen LogP contribution in [-0.4, -0.2) is 33.2 Å². The van der Waals surface area contributed by atoms with Gasteiger partial charge >= 0.3 is 0 Å². The van der Waals surface area contributed by atoms with Gasteiger partial charge in [-0.1, -0.05) is 6.07 Å². The van der Waals surface area contributed by atoms with Crippen molar-refractivity contribution in [2.45, 2.75) is 19.3 Å². The summed E-state index contributed by atoms with van der Waals surface area (Å²) in [4.78, 5) is 11.7. The third-order valence-electron chi connectivity index (χ3n) is 2.84. The van der Waals surface area contributed by atoms with Crippen molar-refractivity contribution >= 4 is 5.91 Å². The summed E-state index contributed by atoms with van der Waals surface area (Å²) in [5.41, 5.74) is 6.29. The number of carbonyl (C=O) groups is 1. The van der Waals surface area contributed by atoms with Gasteiger partial charge in [-0.15, -0.1) is 0 Å². The van der Waals surface area contributed by atoms with E-state index in [1.54, 1.807) is 14.2 Å². The molecule has 1 amide bonds. The Hall–Kier alpha value is -1.75. The first kappa shape index (κ1) is 15.3. The van der Waals surface area contributed by atoms with Crippen LogP contribution in [0.2, 0.25) is 0 Å². The predicted molar refractivity (Wildman–Crippen MR) is 74.5 cm³/mol. The van der Waals surface area contributed by atoms with Crippen LogP contribution in [0.25, 0.3) is 0 Å². The zero-order chi connectivity index (χ0) is 14.1. The van der Waals surface area contributed by atoms with Crippen molar-refractivity contribution in [2.24, 2.45) is 5.73 Å². The molecule has 1 aromatic carbocycles. The largest absolute Gasteiger partial charge is 0.496 e. The molecule has 0 fully saturated rings. The minimum absolute atomic E-state index is 0.0152. The Kier molecular flexibility index (Phi) is 6.74. The highest BCUT2D eigenvalue weighted by molar-refractivity contribution is 5.76. The van der Waals surface area contributed by atoms with Crippen molar-refractivity contribution in [1.82, 2.24) is 5.32 Å². The summed E-state index contributed by atoms with van der Waals surface area (Å²) in [6.45, 7) is 1.21. The fraction of sp³-hybridized carbons (Fsp3) is 0.500. The fourth-order valence-electron chi connectivity index (χ4n) is 1.83. The van der Waals surface area contributed by atoms with E-state index in [4.69, 9.17) is 15.2 Å². The van der Waals surface area contributed by atoms with Gasteiger partial charge in [-0.3, -0.25) is 4.79 Å². The van der Waals surface area contributed by atoms with E-state index in [1.165, 1.54) is 0 Å². The van der Waals surface area contributed by atoms with E-state index in [2.05, 4.69) is 5.32 Å². The molecule has 5 nitrogen and oxygen atoms in total. The van der Waals surface area contributed by atoms with Gasteiger partial charge in [0.15, 0.2) is 0 Å². The molecule has 1 aromatic rings. The maximum absolute atomic E-state index is 11.7. The maximum atomic E-state index is 11.7. The highest BCUT2D eigenvalue weighted by Crippen LogP contribution is 2.29. The lowest BCUT2D eigenvalue weighted by Crippen LogP contribution is -2.26. The fourth-order valence-corrected chi connectivity index (χ4v) is 1.83. The molecule has 1 rings (SSSR count). The number of methoxy groups -OCH3 is 2. The van der Waals surface area contributed by atoms with E-state index >= 15 is 0 Å². The van der Waals surface area contributed by atoms with Crippen molar-refractivity contribution in [1.29, 1.82) is 0 Å². The Balaban J connectivity index is 2.58. The molecular formula is C14H22N2O3. The number of ether oxygens (including phenoxy) is 2. The molecule has 0 atom stereocenters. The summed E-state index contributed by atoms with van der Waals surface area (Å²) in [5, 5.41) is 2.83. The van der Waals surface area contributed by atoms with Crippen LogP contribution in [0.3, 0.4) is 0 Å². The van der Waals surface area contributed by atoms with Crippen LogP contribution >= 0.6 is 0 Å². The summed E-state index contributed by atoms with van der Waals surface area (Å²) in [6, 6.07) is 5.59. The quantitative estimate of drug-likeness (QED) is 0.691. The number of rotatable bonds is 8. The van der Waals surface area contributed by atoms with E-state index in [-0.39, 0.29) is 5.91 Å². The molecule has 0 aliphatic carbocycles. The van der Waals surface area contributed by atoms with Crippen LogP contribution in [0.5, 0.6) is 11.5 Å². The average Bonchev–Trinajstić information content (AvgIpc) is 2.44. The van der Waals surface area contributed by atoms with Crippen molar-refractivity contribution in [3.05, 3.63) is 23.8 Å². The summed E-state index contributed by atoms with van der Waals surface area (Å²) in [5.74, 6) is 1.50. The van der Waals surface area contributed by atoms with E-state index in [1.807, 2.05) is 18.2 Å². The normalized spacial score (nSPS) is 10.1. The Labute approximate surface area is 114 Å². The topological polar surface area (TPSA) is 73.6 Å². The van der Waals surface area contributed by atoms with Crippen LogP contribution in [-0.2, 0) is 11.2 Å². The molecule has 0 heterocycles. The van der Waals surface area contributed by atoms with Gasteiger partial charge in [-0.05, 0) is 31.5 Å². The van der Waals surface area contributed by atoms with Crippen LogP contribution in [0.1, 0.15) is 18.4 Å². The molecule has 0 unspecified atom stereocenters. The zero-order valence-corrected chi connectivity index (χ0v) is 11.6. The molecule has 0 aliphatic heterocycles. The molecule has 19 heavy (non-hydrogen) atoms. The Morgan fingerprint density at radius 3 is 2.42 bits per heavy atom. The molecular weight excluding hydrogens is 244 g/mol. The van der Waals surface area contributed by atoms with Gasteiger partial charge in [0.25, 0.3) is 0 Å². The lowest BCUT2D eigenvalue weighted by Gasteiger charge is -2.12. The summed E-state index contributed by atoms with van der Waals surface area (Å²) in [7, 11) is 3.22. The third-order valence-corrected chi connectivity index (χ3v) is 2.84. The number of benzene rings is 1. The zero-order valence-electron chi connectivity index (χ0n) is 11.6. The molecule has 0 saturated carbocycles. The van der Waals surface area contributed by atoms with Gasteiger partial charge in [-0.2, -0.15) is 0 Å². The van der Waals surface area contributed by atoms with Gasteiger partial charge in [0.1, 0.15) is 11.5 Å². The highest BCUT2D eigenvalue weighted by atomic mass is 16.5. The first-order chi connectivity index (χ1) is 9.22. The number of amides is 1. The molecule has 0 aliphatic rings. The molecule has 3 N–H and O–H groups in total. The maximum Gasteiger partial charge on any atom is 0.220 e. The van der Waals surface area contributed by atoms with Gasteiger partial charge in [-0.25, -0.2) is 0 Å². The molecule has 0 saturated heterocycles. The number of carbonyl (C=O) groups excluding carboxylic acids is 1. The lowest BCUT2D eigenvalue weighted by atomic mass is 10.1. The first-order valence-corrected chi connectivity index (χ1v) is 6.39. The second kappa shape index (κ2) is 8.37. The first-order valence-electron chi connectivity index (χ1n) is 6.39. The second-order valence-corrected chi connectivity index (χ2v) is 4.13. The van der Waals surface area contributed by atoms with Crippen LogP contribution in [0.15, 0.2) is 18.2 Å². The lowest BCUT2D eigenvalue weighted by molar-refractivity contribution is -0.121. The predicted octanol–water partition coefficient (Wildman–Crippen LogP) is 1.10. The van der Waals surface area contributed by atoms with E-state index in [0.29, 0.717) is 25.9 Å². The Morgan fingerprint density at radius 2 is 1.89 bits per heavy atom. The number of nitrogens with one attached hydrogen (secondary N) is 1. The van der Waals surface area contributed by atoms with Gasteiger partial charge in [0.05, 0.1) is 14.2 Å². The third kappa shape index (κ3) is 4.79. The Bertz CT molecular complexity index is 385. The van der Waals surface area contributed by atoms with E-state index < -0.39 is 0 Å². The number of hydrogen-bond acceptors (Lipinski definition) is 4. The molecule has 106 valence electrons. The minimum atomic E-state index is 0.0152. The van der Waals surface area contributed by atoms with E-state index in [9.17, 15) is 4.79 Å². The van der Waals surface area contributed by atoms with Crippen LogP contribution in [0, 0.1) is 0 Å². The van der Waals surface area contributed by atoms with Crippen LogP contribution < -0.4 is 20.5 Å². The van der Waals surface area contributed by atoms with E-state index in [0.717, 1.165) is 23.5 Å². The summed E-state index contributed by atoms with van der Waals surface area (Å²) < 4.78 is 10.6. The van der Waals surface area contributed by atoms with Crippen molar-refractivity contribution < 1.29 is 14.3 Å². The molecule has 0 aromatic heterocycles. The minimum Gasteiger partial charge on any atom is -0.496 e. The van der Waals surface area contributed by atoms with Gasteiger partial charge < -0.3 is 20.5 Å². The number of hydrogen-bond donors (Lipinski definition) is 2. The van der Waals surface area contributed by atoms with Gasteiger partial charge in [0, 0.05) is 18.5 Å². The number of nitrogens with two attached hydrogens (primary N) is 1. The van der Waals surface area contributed by atoms with Crippen molar-refractivity contribution in [3.8, 4) is 11.5 Å². The highest BCUT2D eigenvalue weighted by Gasteiger charge is 2.11. The molecule has 0 spiro atoms. The summed E-state index contributed by atoms with van der Waals surface area (Å²) in [6.07, 6.45) is 1.78. The summed E-state index contributed by atoms with van der Waals surface area (Å²) >= 11 is 0. The van der Waals surface area contributed by atoms with Crippen molar-refractivity contribution in [2.75, 3.05) is 27.3 Å². The van der Waals surface area contributed by atoms with Crippen LogP contribution in [0.4, 0.5) is 0 Å². The monoisotopic (exact) mass is 266 g/mol. The van der Waals surface area contributed by atoms with Gasteiger partial charge in [0.2, 0.25) is 5.91 Å². The Morgan fingerprint density at radius 1 is 1.26 bits per heavy atom. The van der Waals surface area contributed by atoms with Crippen molar-refractivity contribution in [3.63, 3.8) is 0 Å². The second-order valence-electron chi connectivity index (χ2n) is 4.13. The molecule has 5 heteroatoms. The standard InChI is InChI=1S/C14H22N2O3/c1-18-12-5-3-6-13(19-2)11(12)7-8-14(17)16-10-4-9-15/h3,5-6H,4,7-10,15H2,1-2H3,(H,16,17). The average molecular weight is 266 g/mol. The SMILES string of the molecule is COc1cccc(OC)c1CCC(=O)NCCCN. The molecule has 0 bridgehead atoms. The molecule has 0 radical (unpaired) electrons.